The topological polar surface area (TPSA) is 98.8 Å². The molecule has 1 saturated carbocycles. The van der Waals surface area contributed by atoms with Crippen LogP contribution in [0, 0.1) is 0 Å². The van der Waals surface area contributed by atoms with Crippen LogP contribution >= 0.6 is 0 Å². The molecule has 1 aromatic rings. The highest BCUT2D eigenvalue weighted by Gasteiger charge is 2.33. The molecule has 28 heavy (non-hydrogen) atoms. The van der Waals surface area contributed by atoms with Crippen molar-refractivity contribution in [1.29, 1.82) is 0 Å². The van der Waals surface area contributed by atoms with Crippen LogP contribution in [0.3, 0.4) is 0 Å². The maximum Gasteiger partial charge on any atom is 0.242 e. The van der Waals surface area contributed by atoms with Gasteiger partial charge in [0.2, 0.25) is 20.0 Å². The Kier molecular flexibility index (Phi) is 6.78. The minimum absolute atomic E-state index is 0.0767. The summed E-state index contributed by atoms with van der Waals surface area (Å²) in [5.41, 5.74) is 0. The van der Waals surface area contributed by atoms with Crippen molar-refractivity contribution in [3.63, 3.8) is 0 Å². The van der Waals surface area contributed by atoms with Crippen molar-refractivity contribution >= 4 is 20.0 Å². The highest BCUT2D eigenvalue weighted by atomic mass is 32.2. The van der Waals surface area contributed by atoms with Gasteiger partial charge in [0.25, 0.3) is 0 Å². The second kappa shape index (κ2) is 8.76. The number of hydrogen-bond acceptors (Lipinski definition) is 6. The van der Waals surface area contributed by atoms with Crippen LogP contribution in [0.5, 0.6) is 0 Å². The smallest absolute Gasteiger partial charge is 0.242 e. The summed E-state index contributed by atoms with van der Waals surface area (Å²) in [5.74, 6) is 0. The van der Waals surface area contributed by atoms with E-state index in [2.05, 4.69) is 14.9 Å². The Labute approximate surface area is 168 Å². The average Bonchev–Trinajstić information content (AvgIpc) is 2.69. The molecule has 1 aliphatic carbocycles. The summed E-state index contributed by atoms with van der Waals surface area (Å²) < 4.78 is 54.2. The van der Waals surface area contributed by atoms with Gasteiger partial charge in [-0.3, -0.25) is 4.90 Å². The first-order valence-corrected chi connectivity index (χ1v) is 12.6. The van der Waals surface area contributed by atoms with E-state index in [1.807, 2.05) is 0 Å². The van der Waals surface area contributed by atoms with Gasteiger partial charge in [-0.05, 0) is 37.1 Å². The predicted octanol–water partition coefficient (Wildman–Crippen LogP) is 0.432. The van der Waals surface area contributed by atoms with Crippen molar-refractivity contribution in [1.82, 2.24) is 19.2 Å². The van der Waals surface area contributed by atoms with Gasteiger partial charge in [0.15, 0.2) is 0 Å². The van der Waals surface area contributed by atoms with Gasteiger partial charge in [0, 0.05) is 52.4 Å². The summed E-state index contributed by atoms with van der Waals surface area (Å²) in [7, 11) is -4.41. The van der Waals surface area contributed by atoms with E-state index in [4.69, 9.17) is 0 Å². The number of benzene rings is 1. The number of nitrogens with zero attached hydrogens (tertiary/aromatic N) is 2. The van der Waals surface area contributed by atoms with E-state index < -0.39 is 20.0 Å². The van der Waals surface area contributed by atoms with Gasteiger partial charge in [-0.15, -0.1) is 0 Å². The molecule has 1 aliphatic heterocycles. The lowest BCUT2D eigenvalue weighted by Crippen LogP contribution is -2.57. The fraction of sp³-hybridized carbons (Fsp3) is 0.667. The number of sulfonamides is 2. The zero-order valence-electron chi connectivity index (χ0n) is 16.5. The molecule has 0 amide bonds. The van der Waals surface area contributed by atoms with Crippen molar-refractivity contribution in [2.24, 2.45) is 0 Å². The van der Waals surface area contributed by atoms with Gasteiger partial charge < -0.3 is 5.32 Å². The first-order chi connectivity index (χ1) is 13.2. The highest BCUT2D eigenvalue weighted by Crippen LogP contribution is 2.25. The van der Waals surface area contributed by atoms with E-state index in [9.17, 15) is 16.8 Å². The van der Waals surface area contributed by atoms with Crippen molar-refractivity contribution < 1.29 is 16.8 Å². The lowest BCUT2D eigenvalue weighted by molar-refractivity contribution is 0.116. The van der Waals surface area contributed by atoms with Crippen LogP contribution < -0.4 is 10.0 Å². The molecule has 8 nitrogen and oxygen atoms in total. The first-order valence-electron chi connectivity index (χ1n) is 9.71. The molecule has 2 N–H and O–H groups in total. The molecule has 1 saturated heterocycles. The fourth-order valence-corrected chi connectivity index (χ4v) is 6.17. The summed E-state index contributed by atoms with van der Waals surface area (Å²) in [6, 6.07) is 5.50. The van der Waals surface area contributed by atoms with Crippen LogP contribution in [0.1, 0.15) is 25.7 Å². The number of nitrogens with one attached hydrogen (secondary N) is 2. The second-order valence-corrected chi connectivity index (χ2v) is 11.5. The van der Waals surface area contributed by atoms with Crippen molar-refractivity contribution in [2.45, 2.75) is 47.6 Å². The average molecular weight is 431 g/mol. The van der Waals surface area contributed by atoms with Gasteiger partial charge in [-0.25, -0.2) is 25.9 Å². The molecule has 1 aromatic carbocycles. The molecule has 0 radical (unpaired) electrons. The van der Waals surface area contributed by atoms with E-state index in [0.717, 1.165) is 56.2 Å². The van der Waals surface area contributed by atoms with Crippen LogP contribution in [0.15, 0.2) is 34.1 Å². The number of hydrogen-bond donors (Lipinski definition) is 2. The molecule has 1 heterocycles. The molecule has 0 aromatic heterocycles. The van der Waals surface area contributed by atoms with Gasteiger partial charge in [0.1, 0.15) is 0 Å². The maximum atomic E-state index is 12.9. The Bertz CT molecular complexity index is 863. The Balaban J connectivity index is 1.76. The molecule has 158 valence electrons. The Morgan fingerprint density at radius 3 is 2.14 bits per heavy atom. The summed E-state index contributed by atoms with van der Waals surface area (Å²) in [6.07, 6.45) is 3.94. The van der Waals surface area contributed by atoms with E-state index in [1.54, 1.807) is 0 Å². The molecular weight excluding hydrogens is 400 g/mol. The quantitative estimate of drug-likeness (QED) is 0.679. The van der Waals surface area contributed by atoms with Crippen molar-refractivity contribution in [3.8, 4) is 0 Å². The Morgan fingerprint density at radius 1 is 0.964 bits per heavy atom. The van der Waals surface area contributed by atoms with E-state index in [0.29, 0.717) is 0 Å². The summed E-state index contributed by atoms with van der Waals surface area (Å²) in [5, 5.41) is 3.34. The predicted molar refractivity (Wildman–Crippen MR) is 108 cm³/mol. The van der Waals surface area contributed by atoms with Crippen LogP contribution in [0.2, 0.25) is 0 Å². The molecule has 2 unspecified atom stereocenters. The second-order valence-electron chi connectivity index (χ2n) is 7.62. The maximum absolute atomic E-state index is 12.9. The summed E-state index contributed by atoms with van der Waals surface area (Å²) >= 11 is 0. The van der Waals surface area contributed by atoms with Crippen LogP contribution in [0.25, 0.3) is 0 Å². The standard InChI is InChI=1S/C18H30N4O4S2/c1-21(2)28(25,26)16-9-7-15(8-10-16)27(23,24)20-17-5-3-4-6-18(17)22-13-11-19-12-14-22/h7-10,17-20H,3-6,11-14H2,1-2H3. The minimum atomic E-state index is -3.71. The third kappa shape index (κ3) is 4.74. The lowest BCUT2D eigenvalue weighted by Gasteiger charge is -2.42. The minimum Gasteiger partial charge on any atom is -0.314 e. The lowest BCUT2D eigenvalue weighted by atomic mass is 9.89. The number of piperazine rings is 1. The molecule has 0 bridgehead atoms. The van der Waals surface area contributed by atoms with Gasteiger partial charge in [-0.1, -0.05) is 12.8 Å². The molecule has 10 heteroatoms. The first kappa shape index (κ1) is 21.7. The molecule has 3 rings (SSSR count). The van der Waals surface area contributed by atoms with Crippen molar-refractivity contribution in [2.75, 3.05) is 40.3 Å². The fourth-order valence-electron chi connectivity index (χ4n) is 3.97. The van der Waals surface area contributed by atoms with Crippen LogP contribution in [-0.2, 0) is 20.0 Å². The number of rotatable bonds is 6. The van der Waals surface area contributed by atoms with Gasteiger partial charge >= 0.3 is 0 Å². The van der Waals surface area contributed by atoms with E-state index >= 15 is 0 Å². The Morgan fingerprint density at radius 2 is 1.54 bits per heavy atom. The molecule has 2 fully saturated rings. The highest BCUT2D eigenvalue weighted by molar-refractivity contribution is 7.89. The van der Waals surface area contributed by atoms with Crippen molar-refractivity contribution in [3.05, 3.63) is 24.3 Å². The summed E-state index contributed by atoms with van der Waals surface area (Å²) in [4.78, 5) is 2.55. The van der Waals surface area contributed by atoms with E-state index in [-0.39, 0.29) is 21.9 Å². The van der Waals surface area contributed by atoms with Gasteiger partial charge in [-0.2, -0.15) is 0 Å². The monoisotopic (exact) mass is 430 g/mol. The molecule has 2 atom stereocenters. The third-order valence-corrected chi connectivity index (χ3v) is 8.90. The third-order valence-electron chi connectivity index (χ3n) is 5.57. The summed E-state index contributed by atoms with van der Waals surface area (Å²) in [6.45, 7) is 3.72. The zero-order valence-corrected chi connectivity index (χ0v) is 18.1. The van der Waals surface area contributed by atoms with Crippen LogP contribution in [0.4, 0.5) is 0 Å². The SMILES string of the molecule is CN(C)S(=O)(=O)c1ccc(S(=O)(=O)NC2CCCCC2N2CCNCC2)cc1. The normalized spacial score (nSPS) is 25.1. The van der Waals surface area contributed by atoms with Gasteiger partial charge in [0.05, 0.1) is 9.79 Å². The van der Waals surface area contributed by atoms with Crippen LogP contribution in [-0.4, -0.2) is 78.4 Å². The zero-order chi connectivity index (χ0) is 20.4. The Hall–Kier alpha value is -1.04. The van der Waals surface area contributed by atoms with E-state index in [1.165, 1.54) is 38.4 Å². The largest absolute Gasteiger partial charge is 0.314 e. The molecular formula is C18H30N4O4S2. The molecule has 2 aliphatic rings. The molecule has 0 spiro atoms.